The van der Waals surface area contributed by atoms with E-state index in [1.807, 2.05) is 43.3 Å². The largest absolute Gasteiger partial charge is 0.383 e. The molecule has 1 atom stereocenters. The van der Waals surface area contributed by atoms with Crippen LogP contribution in [0, 0.1) is 0 Å². The van der Waals surface area contributed by atoms with Crippen LogP contribution in [0.1, 0.15) is 0 Å². The molecule has 1 aromatic rings. The van der Waals surface area contributed by atoms with Crippen LogP contribution < -0.4 is 5.32 Å². The van der Waals surface area contributed by atoms with Gasteiger partial charge in [0.2, 0.25) is 0 Å². The van der Waals surface area contributed by atoms with E-state index in [4.69, 9.17) is 4.74 Å². The van der Waals surface area contributed by atoms with Crippen molar-refractivity contribution in [3.05, 3.63) is 24.5 Å². The fourth-order valence-electron chi connectivity index (χ4n) is 1.05. The highest BCUT2D eigenvalue weighted by Crippen LogP contribution is 2.16. The Labute approximate surface area is 89.3 Å². The highest BCUT2D eigenvalue weighted by molar-refractivity contribution is 7.99. The van der Waals surface area contributed by atoms with Gasteiger partial charge in [-0.05, 0) is 19.2 Å². The summed E-state index contributed by atoms with van der Waals surface area (Å²) in [4.78, 5) is 5.22. The summed E-state index contributed by atoms with van der Waals surface area (Å²) in [6, 6.07) is 4.44. The Hall–Kier alpha value is -0.580. The Bertz CT molecular complexity index is 243. The molecule has 3 nitrogen and oxygen atoms in total. The number of hydrogen-bond donors (Lipinski definition) is 1. The molecule has 0 fully saturated rings. The molecule has 0 amide bonds. The zero-order valence-electron chi connectivity index (χ0n) is 8.56. The van der Waals surface area contributed by atoms with E-state index in [1.165, 1.54) is 4.90 Å². The summed E-state index contributed by atoms with van der Waals surface area (Å²) in [5.41, 5.74) is 0. The molecule has 0 bridgehead atoms. The van der Waals surface area contributed by atoms with E-state index in [9.17, 15) is 0 Å². The summed E-state index contributed by atoms with van der Waals surface area (Å²) in [5.74, 6) is 1.01. The molecule has 0 aliphatic carbocycles. The van der Waals surface area contributed by atoms with Crippen molar-refractivity contribution in [1.82, 2.24) is 10.3 Å². The average Bonchev–Trinajstić information content (AvgIpc) is 2.25. The maximum atomic E-state index is 5.10. The van der Waals surface area contributed by atoms with Crippen LogP contribution in [0.15, 0.2) is 29.4 Å². The second-order valence-electron chi connectivity index (χ2n) is 2.93. The van der Waals surface area contributed by atoms with Gasteiger partial charge in [-0.25, -0.2) is 0 Å². The van der Waals surface area contributed by atoms with E-state index < -0.39 is 0 Å². The van der Waals surface area contributed by atoms with Gasteiger partial charge in [-0.15, -0.1) is 11.8 Å². The molecular weight excluding hydrogens is 196 g/mol. The fourth-order valence-corrected chi connectivity index (χ4v) is 2.02. The summed E-state index contributed by atoms with van der Waals surface area (Å²) in [6.07, 6.45) is 3.63. The first kappa shape index (κ1) is 11.5. The zero-order valence-corrected chi connectivity index (χ0v) is 9.38. The molecule has 1 heterocycles. The molecule has 4 heteroatoms. The summed E-state index contributed by atoms with van der Waals surface area (Å²) < 4.78 is 5.10. The van der Waals surface area contributed by atoms with Gasteiger partial charge in [-0.3, -0.25) is 4.98 Å². The van der Waals surface area contributed by atoms with Crippen molar-refractivity contribution in [2.45, 2.75) is 10.9 Å². The molecule has 78 valence electrons. The molecule has 0 aromatic carbocycles. The number of nitrogens with zero attached hydrogens (tertiary/aromatic N) is 1. The van der Waals surface area contributed by atoms with Gasteiger partial charge < -0.3 is 10.1 Å². The second kappa shape index (κ2) is 6.81. The van der Waals surface area contributed by atoms with E-state index in [0.29, 0.717) is 6.04 Å². The van der Waals surface area contributed by atoms with E-state index in [1.54, 1.807) is 7.11 Å². The van der Waals surface area contributed by atoms with Crippen molar-refractivity contribution < 1.29 is 4.74 Å². The molecule has 14 heavy (non-hydrogen) atoms. The van der Waals surface area contributed by atoms with Crippen molar-refractivity contribution in [1.29, 1.82) is 0 Å². The third kappa shape index (κ3) is 4.09. The Balaban J connectivity index is 2.32. The predicted octanol–water partition coefficient (Wildman–Crippen LogP) is 1.41. The number of aromatic nitrogens is 1. The molecule has 1 N–H and O–H groups in total. The lowest BCUT2D eigenvalue weighted by molar-refractivity contribution is 0.177. The molecule has 1 rings (SSSR count). The topological polar surface area (TPSA) is 34.1 Å². The van der Waals surface area contributed by atoms with Crippen LogP contribution in [0.5, 0.6) is 0 Å². The molecule has 0 saturated carbocycles. The maximum absolute atomic E-state index is 5.10. The van der Waals surface area contributed by atoms with Gasteiger partial charge in [-0.1, -0.05) is 0 Å². The number of likely N-dealkylation sites (N-methyl/N-ethyl adjacent to an activating group) is 1. The van der Waals surface area contributed by atoms with Gasteiger partial charge in [0.15, 0.2) is 0 Å². The van der Waals surface area contributed by atoms with Crippen molar-refractivity contribution >= 4 is 11.8 Å². The summed E-state index contributed by atoms with van der Waals surface area (Å²) in [7, 11) is 3.68. The Morgan fingerprint density at radius 1 is 1.50 bits per heavy atom. The van der Waals surface area contributed by atoms with Crippen LogP contribution in [-0.2, 0) is 4.74 Å². The molecule has 1 aromatic heterocycles. The van der Waals surface area contributed by atoms with E-state index in [2.05, 4.69) is 10.3 Å². The smallest absolute Gasteiger partial charge is 0.0623 e. The lowest BCUT2D eigenvalue weighted by Gasteiger charge is -2.14. The molecule has 0 aliphatic heterocycles. The van der Waals surface area contributed by atoms with E-state index in [-0.39, 0.29) is 0 Å². The number of ether oxygens (including phenoxy) is 1. The predicted molar refractivity (Wildman–Crippen MR) is 59.7 cm³/mol. The van der Waals surface area contributed by atoms with E-state index in [0.717, 1.165) is 12.4 Å². The first-order valence-corrected chi connectivity index (χ1v) is 5.54. The molecule has 1 unspecified atom stereocenters. The third-order valence-corrected chi connectivity index (χ3v) is 3.05. The normalized spacial score (nSPS) is 12.7. The van der Waals surface area contributed by atoms with Gasteiger partial charge in [0.25, 0.3) is 0 Å². The standard InChI is InChI=1S/C10H16N2OS/c1-11-9(7-13-2)8-14-10-3-5-12-6-4-10/h3-6,9,11H,7-8H2,1-2H3. The summed E-state index contributed by atoms with van der Waals surface area (Å²) in [6.45, 7) is 0.745. The fraction of sp³-hybridized carbons (Fsp3) is 0.500. The highest BCUT2D eigenvalue weighted by atomic mass is 32.2. The summed E-state index contributed by atoms with van der Waals surface area (Å²) >= 11 is 1.81. The minimum atomic E-state index is 0.401. The minimum Gasteiger partial charge on any atom is -0.383 e. The summed E-state index contributed by atoms with van der Waals surface area (Å²) in [5, 5.41) is 3.21. The zero-order chi connectivity index (χ0) is 10.2. The average molecular weight is 212 g/mol. The lowest BCUT2D eigenvalue weighted by Crippen LogP contribution is -2.32. The number of hydrogen-bond acceptors (Lipinski definition) is 4. The number of thioether (sulfide) groups is 1. The Morgan fingerprint density at radius 2 is 2.21 bits per heavy atom. The van der Waals surface area contributed by atoms with Gasteiger partial charge in [0.05, 0.1) is 6.61 Å². The molecular formula is C10H16N2OS. The lowest BCUT2D eigenvalue weighted by atomic mass is 10.4. The van der Waals surface area contributed by atoms with E-state index >= 15 is 0 Å². The SMILES string of the molecule is CNC(COC)CSc1ccncc1. The van der Waals surface area contributed by atoms with Crippen LogP contribution in [-0.4, -0.2) is 37.5 Å². The van der Waals surface area contributed by atoms with Crippen LogP contribution >= 0.6 is 11.8 Å². The first-order valence-electron chi connectivity index (χ1n) is 4.56. The van der Waals surface area contributed by atoms with Gasteiger partial charge >= 0.3 is 0 Å². The van der Waals surface area contributed by atoms with Crippen LogP contribution in [0.2, 0.25) is 0 Å². The molecule has 0 spiro atoms. The van der Waals surface area contributed by atoms with Crippen LogP contribution in [0.25, 0.3) is 0 Å². The van der Waals surface area contributed by atoms with Crippen LogP contribution in [0.3, 0.4) is 0 Å². The number of nitrogens with one attached hydrogen (secondary N) is 1. The van der Waals surface area contributed by atoms with Crippen molar-refractivity contribution in [2.24, 2.45) is 0 Å². The Morgan fingerprint density at radius 3 is 2.79 bits per heavy atom. The monoisotopic (exact) mass is 212 g/mol. The first-order chi connectivity index (χ1) is 6.86. The van der Waals surface area contributed by atoms with Gasteiger partial charge in [0.1, 0.15) is 0 Å². The maximum Gasteiger partial charge on any atom is 0.0623 e. The molecule has 0 saturated heterocycles. The Kier molecular flexibility index (Phi) is 5.59. The minimum absolute atomic E-state index is 0.401. The van der Waals surface area contributed by atoms with Crippen molar-refractivity contribution in [2.75, 3.05) is 26.5 Å². The number of rotatable bonds is 6. The quantitative estimate of drug-likeness (QED) is 0.723. The third-order valence-electron chi connectivity index (χ3n) is 1.88. The number of methoxy groups -OCH3 is 1. The van der Waals surface area contributed by atoms with Crippen molar-refractivity contribution in [3.63, 3.8) is 0 Å². The van der Waals surface area contributed by atoms with Crippen LogP contribution in [0.4, 0.5) is 0 Å². The number of pyridine rings is 1. The molecule has 0 aliphatic rings. The van der Waals surface area contributed by atoms with Gasteiger partial charge in [0, 0.05) is 36.2 Å². The molecule has 0 radical (unpaired) electrons. The highest BCUT2D eigenvalue weighted by Gasteiger charge is 2.05. The van der Waals surface area contributed by atoms with Gasteiger partial charge in [-0.2, -0.15) is 0 Å². The van der Waals surface area contributed by atoms with Crippen molar-refractivity contribution in [3.8, 4) is 0 Å². The second-order valence-corrected chi connectivity index (χ2v) is 4.03.